The highest BCUT2D eigenvalue weighted by molar-refractivity contribution is 14.1. The SMILES string of the molecule is Cc1c(Oc2cccc(C[S+](N)[O-])c2)c2c(=O)n(C3CC3)c(=O)n(-c3ccc(I)cc3F)c2n(C)c1=O. The first-order valence-corrected chi connectivity index (χ1v) is 13.8. The lowest BCUT2D eigenvalue weighted by Crippen LogP contribution is -2.41. The number of hydrogen-bond acceptors (Lipinski definition) is 6. The minimum Gasteiger partial charge on any atom is -0.598 e. The summed E-state index contributed by atoms with van der Waals surface area (Å²) in [4.78, 5) is 40.7. The molecule has 0 spiro atoms. The lowest BCUT2D eigenvalue weighted by atomic mass is 10.2. The second-order valence-electron chi connectivity index (χ2n) is 8.91. The number of fused-ring (bicyclic) bond motifs is 1. The van der Waals surface area contributed by atoms with Crippen LogP contribution in [0.2, 0.25) is 0 Å². The molecule has 37 heavy (non-hydrogen) atoms. The van der Waals surface area contributed by atoms with E-state index >= 15 is 4.39 Å². The maximum atomic E-state index is 15.2. The Hall–Kier alpha value is -2.94. The first-order chi connectivity index (χ1) is 17.6. The van der Waals surface area contributed by atoms with E-state index in [0.717, 1.165) is 9.13 Å². The lowest BCUT2D eigenvalue weighted by Gasteiger charge is -2.20. The van der Waals surface area contributed by atoms with Crippen molar-refractivity contribution in [1.82, 2.24) is 13.7 Å². The van der Waals surface area contributed by atoms with E-state index in [-0.39, 0.29) is 45.6 Å². The van der Waals surface area contributed by atoms with E-state index in [0.29, 0.717) is 22.0 Å². The van der Waals surface area contributed by atoms with Crippen molar-refractivity contribution in [3.8, 4) is 17.2 Å². The van der Waals surface area contributed by atoms with Gasteiger partial charge >= 0.3 is 5.69 Å². The molecule has 1 fully saturated rings. The Bertz CT molecular complexity index is 1740. The number of benzene rings is 2. The van der Waals surface area contributed by atoms with Gasteiger partial charge in [0.2, 0.25) is 0 Å². The molecule has 0 saturated heterocycles. The molecule has 12 heteroatoms. The zero-order valence-corrected chi connectivity index (χ0v) is 22.8. The first-order valence-electron chi connectivity index (χ1n) is 11.3. The van der Waals surface area contributed by atoms with Crippen molar-refractivity contribution in [3.63, 3.8) is 0 Å². The number of pyridine rings is 1. The lowest BCUT2D eigenvalue weighted by molar-refractivity contribution is 0.479. The molecule has 5 rings (SSSR count). The third-order valence-corrected chi connectivity index (χ3v) is 7.56. The standard InChI is InChI=1S/C25H22FIN4O5S/c1-13-21(36-17-5-3-4-14(10-17)12-37(28)35)20-22(29(2)23(13)32)31(19-9-6-15(27)11-18(19)26)25(34)30(24(20)33)16-7-8-16/h3-6,9-11,16H,7-8,12,28H2,1-2H3. The van der Waals surface area contributed by atoms with Crippen LogP contribution in [0.1, 0.15) is 30.0 Å². The summed E-state index contributed by atoms with van der Waals surface area (Å²) in [5, 5.41) is 5.40. The molecule has 9 nitrogen and oxygen atoms in total. The summed E-state index contributed by atoms with van der Waals surface area (Å²) in [5.41, 5.74) is -1.22. The third kappa shape index (κ3) is 4.62. The number of halogens is 2. The van der Waals surface area contributed by atoms with Gasteiger partial charge in [0, 0.05) is 33.6 Å². The minimum atomic E-state index is -1.58. The highest BCUT2D eigenvalue weighted by Crippen LogP contribution is 2.35. The molecular weight excluding hydrogens is 614 g/mol. The van der Waals surface area contributed by atoms with E-state index in [1.54, 1.807) is 30.3 Å². The van der Waals surface area contributed by atoms with Crippen molar-refractivity contribution in [3.05, 3.63) is 94.2 Å². The van der Waals surface area contributed by atoms with Crippen LogP contribution in [0.25, 0.3) is 16.7 Å². The average molecular weight is 636 g/mol. The predicted octanol–water partition coefficient (Wildman–Crippen LogP) is 3.15. The molecule has 2 heterocycles. The second kappa shape index (κ2) is 9.74. The van der Waals surface area contributed by atoms with Crippen molar-refractivity contribution in [2.24, 2.45) is 12.2 Å². The molecule has 0 aliphatic heterocycles. The molecule has 1 aliphatic rings. The summed E-state index contributed by atoms with van der Waals surface area (Å²) in [7, 11) is 1.43. The molecule has 1 saturated carbocycles. The summed E-state index contributed by atoms with van der Waals surface area (Å²) in [6.45, 7) is 1.53. The number of nitrogens with zero attached hydrogens (tertiary/aromatic N) is 3. The number of nitrogens with two attached hydrogens (primary N) is 1. The van der Waals surface area contributed by atoms with Crippen LogP contribution in [0.4, 0.5) is 4.39 Å². The highest BCUT2D eigenvalue weighted by atomic mass is 127. The fraction of sp³-hybridized carbons (Fsp3) is 0.240. The molecule has 0 radical (unpaired) electrons. The molecule has 0 amide bonds. The van der Waals surface area contributed by atoms with Crippen molar-refractivity contribution in [1.29, 1.82) is 0 Å². The summed E-state index contributed by atoms with van der Waals surface area (Å²) in [5.74, 6) is -0.318. The van der Waals surface area contributed by atoms with Crippen LogP contribution in [0, 0.1) is 16.3 Å². The Morgan fingerprint density at radius 2 is 1.89 bits per heavy atom. The Balaban J connectivity index is 1.87. The van der Waals surface area contributed by atoms with Crippen LogP contribution in [0.5, 0.6) is 11.5 Å². The maximum Gasteiger partial charge on any atom is 0.337 e. The van der Waals surface area contributed by atoms with E-state index in [9.17, 15) is 18.9 Å². The van der Waals surface area contributed by atoms with Gasteiger partial charge < -0.3 is 9.29 Å². The van der Waals surface area contributed by atoms with Gasteiger partial charge in [-0.2, -0.15) is 5.14 Å². The van der Waals surface area contributed by atoms with Gasteiger partial charge in [0.25, 0.3) is 11.1 Å². The van der Waals surface area contributed by atoms with E-state index < -0.39 is 34.0 Å². The Labute approximate surface area is 226 Å². The second-order valence-corrected chi connectivity index (χ2v) is 11.2. The quantitative estimate of drug-likeness (QED) is 0.256. The van der Waals surface area contributed by atoms with Gasteiger partial charge in [0.1, 0.15) is 28.4 Å². The topological polar surface area (TPSA) is 124 Å². The van der Waals surface area contributed by atoms with Crippen LogP contribution in [0.15, 0.2) is 56.8 Å². The zero-order valence-electron chi connectivity index (χ0n) is 19.9. The van der Waals surface area contributed by atoms with Gasteiger partial charge in [-0.05, 0) is 72.7 Å². The van der Waals surface area contributed by atoms with Gasteiger partial charge in [-0.25, -0.2) is 13.8 Å². The molecule has 192 valence electrons. The Kier molecular flexibility index (Phi) is 6.77. The fourth-order valence-corrected chi connectivity index (χ4v) is 5.37. The van der Waals surface area contributed by atoms with Crippen molar-refractivity contribution in [2.75, 3.05) is 0 Å². The van der Waals surface area contributed by atoms with Gasteiger partial charge in [-0.3, -0.25) is 18.7 Å². The summed E-state index contributed by atoms with van der Waals surface area (Å²) in [6.07, 6.45) is 1.27. The van der Waals surface area contributed by atoms with E-state index in [4.69, 9.17) is 9.88 Å². The molecular formula is C25H22FIN4O5S. The summed E-state index contributed by atoms with van der Waals surface area (Å²) < 4.78 is 36.8. The highest BCUT2D eigenvalue weighted by Gasteiger charge is 2.32. The largest absolute Gasteiger partial charge is 0.598 e. The van der Waals surface area contributed by atoms with Crippen LogP contribution in [-0.4, -0.2) is 18.3 Å². The Morgan fingerprint density at radius 1 is 1.16 bits per heavy atom. The normalized spacial score (nSPS) is 14.2. The summed E-state index contributed by atoms with van der Waals surface area (Å²) in [6, 6.07) is 10.7. The average Bonchev–Trinajstić information content (AvgIpc) is 3.66. The van der Waals surface area contributed by atoms with Gasteiger partial charge in [-0.15, -0.1) is 0 Å². The molecule has 4 aromatic rings. The van der Waals surface area contributed by atoms with E-state index in [2.05, 4.69) is 0 Å². The van der Waals surface area contributed by atoms with Crippen LogP contribution < -0.4 is 26.7 Å². The molecule has 2 aromatic heterocycles. The molecule has 1 atom stereocenters. The smallest absolute Gasteiger partial charge is 0.337 e. The van der Waals surface area contributed by atoms with Crippen LogP contribution in [-0.2, 0) is 24.2 Å². The van der Waals surface area contributed by atoms with Crippen LogP contribution >= 0.6 is 22.6 Å². The number of rotatable bonds is 6. The van der Waals surface area contributed by atoms with Gasteiger partial charge in [0.15, 0.2) is 5.75 Å². The maximum absolute atomic E-state index is 15.2. The first kappa shape index (κ1) is 25.7. The predicted molar refractivity (Wildman–Crippen MR) is 147 cm³/mol. The molecule has 1 unspecified atom stereocenters. The molecule has 1 aliphatic carbocycles. The molecule has 2 N–H and O–H groups in total. The zero-order chi connectivity index (χ0) is 26.6. The minimum absolute atomic E-state index is 0.0168. The number of aromatic nitrogens is 3. The monoisotopic (exact) mass is 636 g/mol. The third-order valence-electron chi connectivity index (χ3n) is 6.27. The molecule has 0 bridgehead atoms. The van der Waals surface area contributed by atoms with Crippen molar-refractivity contribution >= 4 is 45.0 Å². The fourth-order valence-electron chi connectivity index (χ4n) is 4.40. The molecule has 2 aromatic carbocycles. The Morgan fingerprint density at radius 3 is 2.54 bits per heavy atom. The van der Waals surface area contributed by atoms with Crippen molar-refractivity contribution in [2.45, 2.75) is 31.6 Å². The van der Waals surface area contributed by atoms with Gasteiger partial charge in [0.05, 0.1) is 11.3 Å². The number of ether oxygens (including phenoxy) is 1. The van der Waals surface area contributed by atoms with Crippen LogP contribution in [0.3, 0.4) is 0 Å². The van der Waals surface area contributed by atoms with Crippen molar-refractivity contribution < 1.29 is 13.7 Å². The van der Waals surface area contributed by atoms with E-state index in [1.165, 1.54) is 30.7 Å². The summed E-state index contributed by atoms with van der Waals surface area (Å²) >= 11 is 0.383. The number of aryl methyl sites for hydroxylation is 1. The van der Waals surface area contributed by atoms with Gasteiger partial charge in [-0.1, -0.05) is 12.1 Å². The number of hydrogen-bond donors (Lipinski definition) is 1. The van der Waals surface area contributed by atoms with E-state index in [1.807, 2.05) is 22.6 Å².